The number of halogens is 1. The molecule has 6 heteroatoms. The molecule has 22 heavy (non-hydrogen) atoms. The van der Waals surface area contributed by atoms with Crippen LogP contribution in [0.25, 0.3) is 0 Å². The fourth-order valence-corrected chi connectivity index (χ4v) is 2.95. The first kappa shape index (κ1) is 16.6. The van der Waals surface area contributed by atoms with Crippen molar-refractivity contribution in [1.29, 1.82) is 0 Å². The SMILES string of the molecule is COc1ccc(N(CC(=O)NC2CCCC2)C(C)=O)cc1Cl. The van der Waals surface area contributed by atoms with E-state index >= 15 is 0 Å². The maximum absolute atomic E-state index is 12.1. The van der Waals surface area contributed by atoms with Crippen molar-refractivity contribution in [1.82, 2.24) is 5.32 Å². The van der Waals surface area contributed by atoms with Crippen LogP contribution in [0.5, 0.6) is 5.75 Å². The van der Waals surface area contributed by atoms with Gasteiger partial charge in [0.25, 0.3) is 0 Å². The minimum atomic E-state index is -0.206. The molecule has 2 rings (SSSR count). The molecule has 0 atom stereocenters. The lowest BCUT2D eigenvalue weighted by Gasteiger charge is -2.22. The summed E-state index contributed by atoms with van der Waals surface area (Å²) in [5.74, 6) is 0.182. The van der Waals surface area contributed by atoms with Crippen LogP contribution in [0.1, 0.15) is 32.6 Å². The maximum atomic E-state index is 12.1. The summed E-state index contributed by atoms with van der Waals surface area (Å²) in [6, 6.07) is 5.27. The molecule has 0 bridgehead atoms. The minimum absolute atomic E-state index is 0.00547. The van der Waals surface area contributed by atoms with E-state index in [1.165, 1.54) is 18.9 Å². The number of ether oxygens (including phenoxy) is 1. The second-order valence-corrected chi connectivity index (χ2v) is 5.88. The number of hydrogen-bond acceptors (Lipinski definition) is 3. The van der Waals surface area contributed by atoms with Crippen LogP contribution >= 0.6 is 11.6 Å². The highest BCUT2D eigenvalue weighted by molar-refractivity contribution is 6.32. The van der Waals surface area contributed by atoms with E-state index in [2.05, 4.69) is 5.32 Å². The van der Waals surface area contributed by atoms with Crippen molar-refractivity contribution >= 4 is 29.1 Å². The summed E-state index contributed by atoms with van der Waals surface area (Å²) in [4.78, 5) is 25.4. The van der Waals surface area contributed by atoms with Crippen LogP contribution in [0.3, 0.4) is 0 Å². The summed E-state index contributed by atoms with van der Waals surface area (Å²) in [6.45, 7) is 1.43. The molecule has 0 aromatic heterocycles. The van der Waals surface area contributed by atoms with Gasteiger partial charge in [-0.3, -0.25) is 9.59 Å². The standard InChI is InChI=1S/C16H21ClN2O3/c1-11(20)19(10-16(21)18-12-5-3-4-6-12)13-7-8-15(22-2)14(17)9-13/h7-9,12H,3-6,10H2,1-2H3,(H,18,21). The van der Waals surface area contributed by atoms with Crippen molar-refractivity contribution in [2.24, 2.45) is 0 Å². The zero-order valence-corrected chi connectivity index (χ0v) is 13.7. The molecule has 0 aliphatic heterocycles. The Bertz CT molecular complexity index is 556. The van der Waals surface area contributed by atoms with E-state index in [9.17, 15) is 9.59 Å². The van der Waals surface area contributed by atoms with Gasteiger partial charge in [-0.1, -0.05) is 24.4 Å². The summed E-state index contributed by atoms with van der Waals surface area (Å²) >= 11 is 6.09. The van der Waals surface area contributed by atoms with Gasteiger partial charge in [0.2, 0.25) is 11.8 Å². The highest BCUT2D eigenvalue weighted by Crippen LogP contribution is 2.29. The third-order valence-electron chi connectivity index (χ3n) is 3.85. The van der Waals surface area contributed by atoms with Gasteiger partial charge in [-0.25, -0.2) is 0 Å². The molecule has 1 fully saturated rings. The molecule has 0 radical (unpaired) electrons. The Kier molecular flexibility index (Phi) is 5.66. The topological polar surface area (TPSA) is 58.6 Å². The molecule has 1 aliphatic rings. The smallest absolute Gasteiger partial charge is 0.240 e. The van der Waals surface area contributed by atoms with Gasteiger partial charge in [-0.15, -0.1) is 0 Å². The van der Waals surface area contributed by atoms with Crippen LogP contribution in [0.2, 0.25) is 5.02 Å². The van der Waals surface area contributed by atoms with Crippen molar-refractivity contribution in [2.75, 3.05) is 18.6 Å². The van der Waals surface area contributed by atoms with E-state index in [0.717, 1.165) is 25.7 Å². The zero-order chi connectivity index (χ0) is 16.1. The quantitative estimate of drug-likeness (QED) is 0.906. The Balaban J connectivity index is 2.07. The second-order valence-electron chi connectivity index (χ2n) is 5.47. The molecule has 5 nitrogen and oxygen atoms in total. The summed E-state index contributed by atoms with van der Waals surface area (Å²) in [5, 5.41) is 3.39. The number of amides is 2. The lowest BCUT2D eigenvalue weighted by atomic mass is 10.2. The number of methoxy groups -OCH3 is 1. The van der Waals surface area contributed by atoms with E-state index in [-0.39, 0.29) is 24.4 Å². The first-order chi connectivity index (χ1) is 10.5. The highest BCUT2D eigenvalue weighted by atomic mass is 35.5. The van der Waals surface area contributed by atoms with Gasteiger partial charge in [0, 0.05) is 18.7 Å². The molecular weight excluding hydrogens is 304 g/mol. The van der Waals surface area contributed by atoms with Crippen molar-refractivity contribution in [2.45, 2.75) is 38.6 Å². The van der Waals surface area contributed by atoms with E-state index in [0.29, 0.717) is 16.5 Å². The Morgan fingerprint density at radius 3 is 2.59 bits per heavy atom. The average Bonchev–Trinajstić information content (AvgIpc) is 2.97. The van der Waals surface area contributed by atoms with E-state index in [1.54, 1.807) is 18.2 Å². The number of carbonyl (C=O) groups excluding carboxylic acids is 2. The van der Waals surface area contributed by atoms with Crippen LogP contribution in [0.4, 0.5) is 5.69 Å². The summed E-state index contributed by atoms with van der Waals surface area (Å²) in [5.41, 5.74) is 0.583. The van der Waals surface area contributed by atoms with Crippen molar-refractivity contribution in [3.05, 3.63) is 23.2 Å². The largest absolute Gasteiger partial charge is 0.495 e. The van der Waals surface area contributed by atoms with Crippen molar-refractivity contribution in [3.8, 4) is 5.75 Å². The molecule has 0 spiro atoms. The molecule has 1 N–H and O–H groups in total. The zero-order valence-electron chi connectivity index (χ0n) is 12.9. The average molecular weight is 325 g/mol. The van der Waals surface area contributed by atoms with Crippen molar-refractivity contribution < 1.29 is 14.3 Å². The summed E-state index contributed by atoms with van der Waals surface area (Å²) in [7, 11) is 1.53. The Morgan fingerprint density at radius 1 is 1.36 bits per heavy atom. The lowest BCUT2D eigenvalue weighted by molar-refractivity contribution is -0.123. The molecule has 2 amide bonds. The fraction of sp³-hybridized carbons (Fsp3) is 0.500. The number of benzene rings is 1. The molecule has 1 aromatic carbocycles. The predicted octanol–water partition coefficient (Wildman–Crippen LogP) is 2.76. The third-order valence-corrected chi connectivity index (χ3v) is 4.14. The molecular formula is C16H21ClN2O3. The van der Waals surface area contributed by atoms with Crippen LogP contribution in [0, 0.1) is 0 Å². The van der Waals surface area contributed by atoms with Crippen LogP contribution in [0.15, 0.2) is 18.2 Å². The van der Waals surface area contributed by atoms with Gasteiger partial charge >= 0.3 is 0 Å². The van der Waals surface area contributed by atoms with Gasteiger partial charge in [0.05, 0.1) is 12.1 Å². The van der Waals surface area contributed by atoms with Gasteiger partial charge in [0.15, 0.2) is 0 Å². The summed E-state index contributed by atoms with van der Waals surface area (Å²) < 4.78 is 5.10. The third kappa shape index (κ3) is 4.13. The lowest BCUT2D eigenvalue weighted by Crippen LogP contribution is -2.43. The number of hydrogen-bond donors (Lipinski definition) is 1. The summed E-state index contributed by atoms with van der Waals surface area (Å²) in [6.07, 6.45) is 4.32. The van der Waals surface area contributed by atoms with Crippen LogP contribution in [-0.2, 0) is 9.59 Å². The molecule has 1 saturated carbocycles. The molecule has 120 valence electrons. The molecule has 1 aromatic rings. The Morgan fingerprint density at radius 2 is 2.05 bits per heavy atom. The molecule has 0 unspecified atom stereocenters. The van der Waals surface area contributed by atoms with Crippen molar-refractivity contribution in [3.63, 3.8) is 0 Å². The van der Waals surface area contributed by atoms with E-state index in [1.807, 2.05) is 0 Å². The minimum Gasteiger partial charge on any atom is -0.495 e. The van der Waals surface area contributed by atoms with Crippen LogP contribution < -0.4 is 15.0 Å². The van der Waals surface area contributed by atoms with E-state index in [4.69, 9.17) is 16.3 Å². The van der Waals surface area contributed by atoms with Crippen LogP contribution in [-0.4, -0.2) is 31.5 Å². The first-order valence-corrected chi connectivity index (χ1v) is 7.80. The molecule has 0 heterocycles. The first-order valence-electron chi connectivity index (χ1n) is 7.42. The fourth-order valence-electron chi connectivity index (χ4n) is 2.69. The molecule has 1 aliphatic carbocycles. The number of nitrogens with one attached hydrogen (secondary N) is 1. The number of anilines is 1. The van der Waals surface area contributed by atoms with Gasteiger partial charge < -0.3 is 15.0 Å². The number of carbonyl (C=O) groups is 2. The highest BCUT2D eigenvalue weighted by Gasteiger charge is 2.21. The monoisotopic (exact) mass is 324 g/mol. The van der Waals surface area contributed by atoms with E-state index < -0.39 is 0 Å². The van der Waals surface area contributed by atoms with Gasteiger partial charge in [-0.05, 0) is 31.0 Å². The predicted molar refractivity (Wildman–Crippen MR) is 86.4 cm³/mol. The molecule has 0 saturated heterocycles. The second kappa shape index (κ2) is 7.49. The number of rotatable bonds is 5. The maximum Gasteiger partial charge on any atom is 0.240 e. The van der Waals surface area contributed by atoms with Gasteiger partial charge in [0.1, 0.15) is 12.3 Å². The normalized spacial score (nSPS) is 14.7. The van der Waals surface area contributed by atoms with Gasteiger partial charge in [-0.2, -0.15) is 0 Å². The Hall–Kier alpha value is -1.75. The Labute approximate surface area is 135 Å². The number of nitrogens with zero attached hydrogens (tertiary/aromatic N) is 1.